The molecule has 0 saturated carbocycles. The molecule has 108 valence electrons. The van der Waals surface area contributed by atoms with Gasteiger partial charge >= 0.3 is 0 Å². The standard InChI is InChI=1S/C17H19N3S/c1-13-7-2-4-9-15(13)20(12-6-11-18)17-19-14-8-3-5-10-16(14)21-17/h2-5,7-10H,6,11-12,18H2,1H3. The fourth-order valence-electron chi connectivity index (χ4n) is 2.41. The van der Waals surface area contributed by atoms with E-state index in [1.165, 1.54) is 16.0 Å². The van der Waals surface area contributed by atoms with Crippen molar-refractivity contribution in [3.05, 3.63) is 54.1 Å². The van der Waals surface area contributed by atoms with Crippen LogP contribution in [0.2, 0.25) is 0 Å². The van der Waals surface area contributed by atoms with Crippen LogP contribution < -0.4 is 10.6 Å². The number of fused-ring (bicyclic) bond motifs is 1. The van der Waals surface area contributed by atoms with Gasteiger partial charge in [-0.1, -0.05) is 41.7 Å². The van der Waals surface area contributed by atoms with Crippen LogP contribution in [0.15, 0.2) is 48.5 Å². The summed E-state index contributed by atoms with van der Waals surface area (Å²) in [5, 5.41) is 1.04. The van der Waals surface area contributed by atoms with Gasteiger partial charge in [-0.05, 0) is 43.7 Å². The topological polar surface area (TPSA) is 42.1 Å². The summed E-state index contributed by atoms with van der Waals surface area (Å²) in [4.78, 5) is 7.07. The minimum atomic E-state index is 0.688. The molecule has 0 aliphatic carbocycles. The first kappa shape index (κ1) is 14.0. The highest BCUT2D eigenvalue weighted by Crippen LogP contribution is 2.34. The molecule has 0 bridgehead atoms. The molecule has 2 aromatic carbocycles. The molecule has 0 spiro atoms. The molecule has 1 heterocycles. The first-order valence-electron chi connectivity index (χ1n) is 7.18. The fourth-order valence-corrected chi connectivity index (χ4v) is 3.42. The van der Waals surface area contributed by atoms with Crippen LogP contribution in [0.5, 0.6) is 0 Å². The molecule has 0 amide bonds. The van der Waals surface area contributed by atoms with Crippen molar-refractivity contribution in [3.63, 3.8) is 0 Å². The molecule has 0 unspecified atom stereocenters. The van der Waals surface area contributed by atoms with Crippen molar-refractivity contribution >= 4 is 32.4 Å². The number of nitrogens with zero attached hydrogens (tertiary/aromatic N) is 2. The molecular formula is C17H19N3S. The number of nitrogens with two attached hydrogens (primary N) is 1. The lowest BCUT2D eigenvalue weighted by molar-refractivity contribution is 0.815. The Morgan fingerprint density at radius 3 is 2.62 bits per heavy atom. The van der Waals surface area contributed by atoms with E-state index in [2.05, 4.69) is 54.3 Å². The van der Waals surface area contributed by atoms with Crippen LogP contribution in [-0.4, -0.2) is 18.1 Å². The number of aryl methyl sites for hydroxylation is 1. The maximum Gasteiger partial charge on any atom is 0.190 e. The van der Waals surface area contributed by atoms with Crippen LogP contribution in [0, 0.1) is 6.92 Å². The van der Waals surface area contributed by atoms with Crippen LogP contribution in [0.3, 0.4) is 0 Å². The molecule has 0 aliphatic rings. The number of benzene rings is 2. The second-order valence-corrected chi connectivity index (χ2v) is 6.05. The molecule has 3 aromatic rings. The smallest absolute Gasteiger partial charge is 0.190 e. The quantitative estimate of drug-likeness (QED) is 0.771. The third-order valence-electron chi connectivity index (χ3n) is 3.51. The molecule has 0 aliphatic heterocycles. The van der Waals surface area contributed by atoms with Gasteiger partial charge in [0.1, 0.15) is 0 Å². The lowest BCUT2D eigenvalue weighted by atomic mass is 10.2. The van der Waals surface area contributed by atoms with Gasteiger partial charge in [0.05, 0.1) is 10.2 Å². The summed E-state index contributed by atoms with van der Waals surface area (Å²) in [6.45, 7) is 3.71. The van der Waals surface area contributed by atoms with Gasteiger partial charge in [-0.15, -0.1) is 0 Å². The Balaban J connectivity index is 2.04. The molecular weight excluding hydrogens is 278 g/mol. The number of thiazole rings is 1. The van der Waals surface area contributed by atoms with Crippen molar-refractivity contribution in [2.75, 3.05) is 18.0 Å². The average molecular weight is 297 g/mol. The van der Waals surface area contributed by atoms with Gasteiger partial charge in [-0.2, -0.15) is 0 Å². The van der Waals surface area contributed by atoms with Crippen LogP contribution in [0.25, 0.3) is 10.2 Å². The zero-order valence-electron chi connectivity index (χ0n) is 12.1. The fraction of sp³-hybridized carbons (Fsp3) is 0.235. The van der Waals surface area contributed by atoms with E-state index < -0.39 is 0 Å². The number of hydrogen-bond acceptors (Lipinski definition) is 4. The Morgan fingerprint density at radius 1 is 1.10 bits per heavy atom. The third-order valence-corrected chi connectivity index (χ3v) is 4.56. The molecule has 0 radical (unpaired) electrons. The van der Waals surface area contributed by atoms with E-state index in [9.17, 15) is 0 Å². The Kier molecular flexibility index (Phi) is 4.18. The molecule has 3 rings (SSSR count). The van der Waals surface area contributed by atoms with Gasteiger partial charge in [-0.3, -0.25) is 0 Å². The highest BCUT2D eigenvalue weighted by molar-refractivity contribution is 7.22. The van der Waals surface area contributed by atoms with E-state index in [0.29, 0.717) is 6.54 Å². The molecule has 4 heteroatoms. The average Bonchev–Trinajstić information content (AvgIpc) is 2.93. The SMILES string of the molecule is Cc1ccccc1N(CCCN)c1nc2ccccc2s1. The summed E-state index contributed by atoms with van der Waals surface area (Å²) in [7, 11) is 0. The Morgan fingerprint density at radius 2 is 1.86 bits per heavy atom. The van der Waals surface area contributed by atoms with Gasteiger partial charge in [0.15, 0.2) is 5.13 Å². The van der Waals surface area contributed by atoms with Crippen LogP contribution >= 0.6 is 11.3 Å². The second-order valence-electron chi connectivity index (χ2n) is 5.04. The summed E-state index contributed by atoms with van der Waals surface area (Å²) in [6, 6.07) is 16.7. The van der Waals surface area contributed by atoms with Crippen LogP contribution in [0.4, 0.5) is 10.8 Å². The van der Waals surface area contributed by atoms with Crippen molar-refractivity contribution in [1.82, 2.24) is 4.98 Å². The molecule has 21 heavy (non-hydrogen) atoms. The predicted octanol–water partition coefficient (Wildman–Crippen LogP) is 4.09. The van der Waals surface area contributed by atoms with Gasteiger partial charge < -0.3 is 10.6 Å². The summed E-state index contributed by atoms with van der Waals surface area (Å²) in [5.74, 6) is 0. The van der Waals surface area contributed by atoms with Crippen LogP contribution in [-0.2, 0) is 0 Å². The van der Waals surface area contributed by atoms with Crippen molar-refractivity contribution in [3.8, 4) is 0 Å². The summed E-state index contributed by atoms with van der Waals surface area (Å²) >= 11 is 1.73. The molecule has 0 fully saturated rings. The van der Waals surface area contributed by atoms with Crippen molar-refractivity contribution in [1.29, 1.82) is 0 Å². The number of hydrogen-bond donors (Lipinski definition) is 1. The van der Waals surface area contributed by atoms with Crippen molar-refractivity contribution in [2.24, 2.45) is 5.73 Å². The molecule has 2 N–H and O–H groups in total. The summed E-state index contributed by atoms with van der Waals surface area (Å²) in [5.41, 5.74) is 9.23. The zero-order valence-corrected chi connectivity index (χ0v) is 12.9. The molecule has 0 saturated heterocycles. The maximum absolute atomic E-state index is 5.70. The number of aromatic nitrogens is 1. The Hall–Kier alpha value is -1.91. The monoisotopic (exact) mass is 297 g/mol. The predicted molar refractivity (Wildman–Crippen MR) is 91.5 cm³/mol. The normalized spacial score (nSPS) is 11.0. The van der Waals surface area contributed by atoms with E-state index in [0.717, 1.165) is 23.6 Å². The van der Waals surface area contributed by atoms with Crippen molar-refractivity contribution in [2.45, 2.75) is 13.3 Å². The first-order valence-corrected chi connectivity index (χ1v) is 8.00. The van der Waals surface area contributed by atoms with Crippen LogP contribution in [0.1, 0.15) is 12.0 Å². The summed E-state index contributed by atoms with van der Waals surface area (Å²) < 4.78 is 1.22. The third kappa shape index (κ3) is 2.91. The lowest BCUT2D eigenvalue weighted by Gasteiger charge is -2.23. The minimum Gasteiger partial charge on any atom is -0.330 e. The zero-order chi connectivity index (χ0) is 14.7. The van der Waals surface area contributed by atoms with E-state index in [1.54, 1.807) is 11.3 Å². The molecule has 3 nitrogen and oxygen atoms in total. The van der Waals surface area contributed by atoms with Gasteiger partial charge in [0, 0.05) is 12.2 Å². The number of rotatable bonds is 5. The van der Waals surface area contributed by atoms with E-state index in [1.807, 2.05) is 6.07 Å². The van der Waals surface area contributed by atoms with E-state index in [4.69, 9.17) is 10.7 Å². The first-order chi connectivity index (χ1) is 10.3. The largest absolute Gasteiger partial charge is 0.330 e. The second kappa shape index (κ2) is 6.24. The van der Waals surface area contributed by atoms with Gasteiger partial charge in [-0.25, -0.2) is 4.98 Å². The van der Waals surface area contributed by atoms with E-state index in [-0.39, 0.29) is 0 Å². The van der Waals surface area contributed by atoms with E-state index >= 15 is 0 Å². The number of anilines is 2. The highest BCUT2D eigenvalue weighted by atomic mass is 32.1. The Labute approximate surface area is 129 Å². The molecule has 1 aromatic heterocycles. The highest BCUT2D eigenvalue weighted by Gasteiger charge is 2.15. The van der Waals surface area contributed by atoms with Gasteiger partial charge in [0.25, 0.3) is 0 Å². The van der Waals surface area contributed by atoms with Crippen molar-refractivity contribution < 1.29 is 0 Å². The Bertz CT molecular complexity index is 702. The summed E-state index contributed by atoms with van der Waals surface area (Å²) in [6.07, 6.45) is 0.949. The lowest BCUT2D eigenvalue weighted by Crippen LogP contribution is -2.21. The van der Waals surface area contributed by atoms with Gasteiger partial charge in [0.2, 0.25) is 0 Å². The number of para-hydroxylation sites is 2. The minimum absolute atomic E-state index is 0.688. The maximum atomic E-state index is 5.70. The molecule has 0 atom stereocenters.